The van der Waals surface area contributed by atoms with Gasteiger partial charge in [-0.25, -0.2) is 0 Å². The van der Waals surface area contributed by atoms with E-state index in [1.807, 2.05) is 13.0 Å². The fourth-order valence-electron chi connectivity index (χ4n) is 1.03. The van der Waals surface area contributed by atoms with Gasteiger partial charge in [-0.05, 0) is 25.0 Å². The van der Waals surface area contributed by atoms with Crippen molar-refractivity contribution in [2.24, 2.45) is 5.92 Å². The average Bonchev–Trinajstić information content (AvgIpc) is 2.05. The predicted molar refractivity (Wildman–Crippen MR) is 41.2 cm³/mol. The van der Waals surface area contributed by atoms with Crippen LogP contribution in [0.5, 0.6) is 0 Å². The summed E-state index contributed by atoms with van der Waals surface area (Å²) in [5.41, 5.74) is 1.63. The molecule has 1 unspecified atom stereocenters. The molecule has 0 radical (unpaired) electrons. The molecule has 0 amide bonds. The van der Waals surface area contributed by atoms with E-state index in [1.165, 1.54) is 0 Å². The summed E-state index contributed by atoms with van der Waals surface area (Å²) in [6.07, 6.45) is 4.41. The molecule has 0 spiro atoms. The highest BCUT2D eigenvalue weighted by Crippen LogP contribution is 2.21. The highest BCUT2D eigenvalue weighted by Gasteiger charge is 2.11. The highest BCUT2D eigenvalue weighted by atomic mass is 14.3. The van der Waals surface area contributed by atoms with E-state index in [2.05, 4.69) is 12.1 Å². The van der Waals surface area contributed by atoms with Gasteiger partial charge in [-0.2, -0.15) is 10.5 Å². The Morgan fingerprint density at radius 3 is 2.82 bits per heavy atom. The number of nitrogens with zero attached hydrogens (tertiary/aromatic N) is 2. The van der Waals surface area contributed by atoms with Gasteiger partial charge in [-0.1, -0.05) is 6.08 Å². The molecule has 0 bridgehead atoms. The van der Waals surface area contributed by atoms with Crippen LogP contribution in [0.3, 0.4) is 0 Å². The highest BCUT2D eigenvalue weighted by molar-refractivity contribution is 5.44. The zero-order chi connectivity index (χ0) is 8.27. The maximum absolute atomic E-state index is 8.61. The summed E-state index contributed by atoms with van der Waals surface area (Å²) in [6, 6.07) is 4.18. The molecule has 0 saturated carbocycles. The third kappa shape index (κ3) is 1.48. The minimum Gasteiger partial charge on any atom is -0.198 e. The van der Waals surface area contributed by atoms with Gasteiger partial charge in [-0.15, -0.1) is 0 Å². The largest absolute Gasteiger partial charge is 0.198 e. The molecule has 0 aromatic carbocycles. The van der Waals surface area contributed by atoms with Crippen molar-refractivity contribution in [3.63, 3.8) is 0 Å². The first-order chi connectivity index (χ1) is 5.27. The van der Waals surface area contributed by atoms with Crippen molar-refractivity contribution in [3.05, 3.63) is 23.3 Å². The van der Waals surface area contributed by atoms with Gasteiger partial charge in [0.2, 0.25) is 0 Å². The molecule has 0 heterocycles. The van der Waals surface area contributed by atoms with Gasteiger partial charge in [0.25, 0.3) is 0 Å². The van der Waals surface area contributed by atoms with Crippen LogP contribution < -0.4 is 0 Å². The summed E-state index contributed by atoms with van der Waals surface area (Å²) in [7, 11) is 0. The van der Waals surface area contributed by atoms with Crippen LogP contribution in [-0.4, -0.2) is 0 Å². The van der Waals surface area contributed by atoms with E-state index >= 15 is 0 Å². The van der Waals surface area contributed by atoms with Gasteiger partial charge in [0.05, 0.1) is 23.6 Å². The molecule has 1 rings (SSSR count). The van der Waals surface area contributed by atoms with E-state index < -0.39 is 0 Å². The first kappa shape index (κ1) is 7.57. The van der Waals surface area contributed by atoms with Crippen molar-refractivity contribution in [1.82, 2.24) is 0 Å². The smallest absolute Gasteiger partial charge is 0.0991 e. The normalized spacial score (nSPS) is 22.6. The molecule has 0 aromatic heterocycles. The number of allylic oxidation sites excluding steroid dienone is 4. The summed E-state index contributed by atoms with van der Waals surface area (Å²) in [4.78, 5) is 0. The molecule has 0 saturated heterocycles. The zero-order valence-electron chi connectivity index (χ0n) is 6.33. The third-order valence-corrected chi connectivity index (χ3v) is 1.76. The second-order valence-corrected chi connectivity index (χ2v) is 2.55. The molecule has 2 heteroatoms. The van der Waals surface area contributed by atoms with Gasteiger partial charge in [0.1, 0.15) is 0 Å². The van der Waals surface area contributed by atoms with Crippen molar-refractivity contribution in [2.45, 2.75) is 13.3 Å². The number of hydrogen-bond acceptors (Lipinski definition) is 2. The third-order valence-electron chi connectivity index (χ3n) is 1.76. The molecular formula is C9H8N2. The number of hydrogen-bond donors (Lipinski definition) is 0. The maximum Gasteiger partial charge on any atom is 0.0991 e. The Morgan fingerprint density at radius 2 is 2.27 bits per heavy atom. The van der Waals surface area contributed by atoms with Gasteiger partial charge >= 0.3 is 0 Å². The Hall–Kier alpha value is -1.54. The summed E-state index contributed by atoms with van der Waals surface area (Å²) < 4.78 is 0. The number of rotatable bonds is 0. The standard InChI is InChI=1S/C9H8N2/c1-7-2-3-8(5-10)4-9(7)6-11/h2,4,8H,3H2,1H3. The van der Waals surface area contributed by atoms with Crippen molar-refractivity contribution in [2.75, 3.05) is 0 Å². The second-order valence-electron chi connectivity index (χ2n) is 2.55. The Kier molecular flexibility index (Phi) is 2.09. The van der Waals surface area contributed by atoms with Crippen LogP contribution in [0.25, 0.3) is 0 Å². The Labute approximate surface area is 66.1 Å². The molecule has 0 fully saturated rings. The first-order valence-electron chi connectivity index (χ1n) is 3.46. The van der Waals surface area contributed by atoms with Crippen LogP contribution in [0.2, 0.25) is 0 Å². The minimum atomic E-state index is -0.103. The van der Waals surface area contributed by atoms with E-state index in [9.17, 15) is 0 Å². The molecule has 0 aromatic rings. The average molecular weight is 144 g/mol. The second kappa shape index (κ2) is 3.03. The van der Waals surface area contributed by atoms with Crippen molar-refractivity contribution in [3.8, 4) is 12.1 Å². The topological polar surface area (TPSA) is 47.6 Å². The van der Waals surface area contributed by atoms with Crippen molar-refractivity contribution < 1.29 is 0 Å². The molecule has 1 aliphatic rings. The maximum atomic E-state index is 8.61. The van der Waals surface area contributed by atoms with E-state index in [1.54, 1.807) is 6.08 Å². The van der Waals surface area contributed by atoms with Crippen LogP contribution in [-0.2, 0) is 0 Å². The van der Waals surface area contributed by atoms with Crippen molar-refractivity contribution in [1.29, 1.82) is 10.5 Å². The molecule has 2 nitrogen and oxygen atoms in total. The van der Waals surface area contributed by atoms with E-state index in [4.69, 9.17) is 10.5 Å². The lowest BCUT2D eigenvalue weighted by Gasteiger charge is -2.08. The summed E-state index contributed by atoms with van der Waals surface area (Å²) >= 11 is 0. The molecule has 0 aliphatic heterocycles. The predicted octanol–water partition coefficient (Wildman–Crippen LogP) is 1.93. The Morgan fingerprint density at radius 1 is 1.55 bits per heavy atom. The van der Waals surface area contributed by atoms with Gasteiger partial charge < -0.3 is 0 Å². The number of nitriles is 2. The lowest BCUT2D eigenvalue weighted by molar-refractivity contribution is 0.822. The van der Waals surface area contributed by atoms with Crippen LogP contribution >= 0.6 is 0 Å². The molecule has 1 aliphatic carbocycles. The monoisotopic (exact) mass is 144 g/mol. The molecule has 1 atom stereocenters. The first-order valence-corrected chi connectivity index (χ1v) is 3.46. The van der Waals surface area contributed by atoms with Crippen LogP contribution in [0.4, 0.5) is 0 Å². The molecular weight excluding hydrogens is 136 g/mol. The fraction of sp³-hybridized carbons (Fsp3) is 0.333. The summed E-state index contributed by atoms with van der Waals surface area (Å²) in [6.45, 7) is 1.89. The molecule has 0 N–H and O–H groups in total. The zero-order valence-corrected chi connectivity index (χ0v) is 6.33. The summed E-state index contributed by atoms with van der Waals surface area (Å²) in [5.74, 6) is -0.103. The SMILES string of the molecule is CC1=CCC(C#N)C=C1C#N. The van der Waals surface area contributed by atoms with E-state index in [0.717, 1.165) is 12.0 Å². The lowest BCUT2D eigenvalue weighted by Crippen LogP contribution is -1.99. The quantitative estimate of drug-likeness (QED) is 0.521. The van der Waals surface area contributed by atoms with Crippen molar-refractivity contribution >= 4 is 0 Å². The Balaban J connectivity index is 2.91. The van der Waals surface area contributed by atoms with E-state index in [0.29, 0.717) is 5.57 Å². The van der Waals surface area contributed by atoms with Gasteiger partial charge in [-0.3, -0.25) is 0 Å². The minimum absolute atomic E-state index is 0.103. The van der Waals surface area contributed by atoms with E-state index in [-0.39, 0.29) is 5.92 Å². The fourth-order valence-corrected chi connectivity index (χ4v) is 1.03. The molecule has 54 valence electrons. The van der Waals surface area contributed by atoms with Gasteiger partial charge in [0, 0.05) is 0 Å². The molecule has 11 heavy (non-hydrogen) atoms. The Bertz CT molecular complexity index is 297. The summed E-state index contributed by atoms with van der Waals surface area (Å²) in [5, 5.41) is 17.2. The lowest BCUT2D eigenvalue weighted by atomic mass is 9.93. The van der Waals surface area contributed by atoms with Crippen LogP contribution in [0.1, 0.15) is 13.3 Å². The van der Waals surface area contributed by atoms with Gasteiger partial charge in [0.15, 0.2) is 0 Å². The van der Waals surface area contributed by atoms with Crippen LogP contribution in [0.15, 0.2) is 23.3 Å². The van der Waals surface area contributed by atoms with Crippen LogP contribution in [0, 0.1) is 28.6 Å².